The van der Waals surface area contributed by atoms with Crippen LogP contribution in [0.2, 0.25) is 0 Å². The summed E-state index contributed by atoms with van der Waals surface area (Å²) >= 11 is 0. The first kappa shape index (κ1) is 11.0. The van der Waals surface area contributed by atoms with E-state index in [4.69, 9.17) is 4.74 Å². The fourth-order valence-electron chi connectivity index (χ4n) is 2.87. The highest BCUT2D eigenvalue weighted by atomic mass is 16.5. The van der Waals surface area contributed by atoms with Crippen LogP contribution in [0.3, 0.4) is 0 Å². The Morgan fingerprint density at radius 3 is 2.47 bits per heavy atom. The van der Waals surface area contributed by atoms with Gasteiger partial charge in [-0.15, -0.1) is 0 Å². The highest BCUT2D eigenvalue weighted by Crippen LogP contribution is 2.53. The second-order valence-electron chi connectivity index (χ2n) is 5.21. The third kappa shape index (κ3) is 2.53. The maximum absolute atomic E-state index is 11.8. The Morgan fingerprint density at radius 2 is 1.93 bits per heavy atom. The molecule has 0 atom stereocenters. The molecule has 0 aromatic carbocycles. The van der Waals surface area contributed by atoms with Gasteiger partial charge in [-0.2, -0.15) is 0 Å². The van der Waals surface area contributed by atoms with Gasteiger partial charge >= 0.3 is 5.97 Å². The summed E-state index contributed by atoms with van der Waals surface area (Å²) in [6.07, 6.45) is 10.0. The molecule has 0 aromatic rings. The molecule has 0 radical (unpaired) electrons. The van der Waals surface area contributed by atoms with E-state index < -0.39 is 0 Å². The zero-order valence-electron chi connectivity index (χ0n) is 9.76. The Balaban J connectivity index is 1.84. The van der Waals surface area contributed by atoms with Gasteiger partial charge in [0.15, 0.2) is 0 Å². The van der Waals surface area contributed by atoms with Gasteiger partial charge in [0.05, 0.1) is 12.0 Å². The van der Waals surface area contributed by atoms with E-state index >= 15 is 0 Å². The van der Waals surface area contributed by atoms with E-state index in [2.05, 4.69) is 0 Å². The van der Waals surface area contributed by atoms with Crippen LogP contribution in [0.5, 0.6) is 0 Å². The number of esters is 1. The maximum Gasteiger partial charge on any atom is 0.312 e. The molecule has 2 fully saturated rings. The highest BCUT2D eigenvalue weighted by molar-refractivity contribution is 5.79. The second-order valence-corrected chi connectivity index (χ2v) is 5.21. The van der Waals surface area contributed by atoms with Crippen molar-refractivity contribution in [1.82, 2.24) is 0 Å². The quantitative estimate of drug-likeness (QED) is 0.665. The standard InChI is InChI=1S/C13H22O2/c1-2-15-12(14)13(8-9-13)10-11-6-4-3-5-7-11/h11H,2-10H2,1H3. The van der Waals surface area contributed by atoms with Gasteiger partial charge in [-0.25, -0.2) is 0 Å². The van der Waals surface area contributed by atoms with Crippen molar-refractivity contribution >= 4 is 5.97 Å². The van der Waals surface area contributed by atoms with Crippen LogP contribution in [-0.2, 0) is 9.53 Å². The van der Waals surface area contributed by atoms with Crippen molar-refractivity contribution in [3.63, 3.8) is 0 Å². The molecule has 2 aliphatic rings. The lowest BCUT2D eigenvalue weighted by Crippen LogP contribution is -2.23. The zero-order chi connectivity index (χ0) is 10.7. The lowest BCUT2D eigenvalue weighted by atomic mass is 9.81. The van der Waals surface area contributed by atoms with E-state index in [9.17, 15) is 4.79 Å². The largest absolute Gasteiger partial charge is 0.466 e. The molecule has 0 N–H and O–H groups in total. The monoisotopic (exact) mass is 210 g/mol. The molecular formula is C13H22O2. The minimum atomic E-state index is -0.0436. The van der Waals surface area contributed by atoms with E-state index in [0.717, 1.165) is 25.2 Å². The average molecular weight is 210 g/mol. The summed E-state index contributed by atoms with van der Waals surface area (Å²) in [5.41, 5.74) is -0.0436. The van der Waals surface area contributed by atoms with Crippen LogP contribution >= 0.6 is 0 Å². The van der Waals surface area contributed by atoms with E-state index in [-0.39, 0.29) is 11.4 Å². The molecule has 0 unspecified atom stereocenters. The SMILES string of the molecule is CCOC(=O)C1(CC2CCCCC2)CC1. The number of hydrogen-bond donors (Lipinski definition) is 0. The predicted octanol–water partition coefficient (Wildman–Crippen LogP) is 3.30. The average Bonchev–Trinajstić information content (AvgIpc) is 3.01. The van der Waals surface area contributed by atoms with Gasteiger partial charge in [0.2, 0.25) is 0 Å². The fraction of sp³-hybridized carbons (Fsp3) is 0.923. The molecule has 2 heteroatoms. The highest BCUT2D eigenvalue weighted by Gasteiger charge is 2.51. The Bertz CT molecular complexity index is 225. The number of hydrogen-bond acceptors (Lipinski definition) is 2. The lowest BCUT2D eigenvalue weighted by Gasteiger charge is -2.25. The molecule has 86 valence electrons. The van der Waals surface area contributed by atoms with Gasteiger partial charge in [0, 0.05) is 0 Å². The van der Waals surface area contributed by atoms with Crippen molar-refractivity contribution in [2.75, 3.05) is 6.61 Å². The zero-order valence-corrected chi connectivity index (χ0v) is 9.76. The topological polar surface area (TPSA) is 26.3 Å². The summed E-state index contributed by atoms with van der Waals surface area (Å²) in [5.74, 6) is 0.876. The van der Waals surface area contributed by atoms with Crippen LogP contribution in [0.1, 0.15) is 58.3 Å². The Hall–Kier alpha value is -0.530. The summed E-state index contributed by atoms with van der Waals surface area (Å²) in [7, 11) is 0. The van der Waals surface area contributed by atoms with Crippen molar-refractivity contribution in [3.8, 4) is 0 Å². The van der Waals surface area contributed by atoms with E-state index in [1.54, 1.807) is 0 Å². The van der Waals surface area contributed by atoms with Crippen LogP contribution in [0.4, 0.5) is 0 Å². The molecule has 2 nitrogen and oxygen atoms in total. The second kappa shape index (κ2) is 4.54. The van der Waals surface area contributed by atoms with Crippen LogP contribution in [0.25, 0.3) is 0 Å². The molecule has 0 amide bonds. The summed E-state index contributed by atoms with van der Waals surface area (Å²) in [6, 6.07) is 0. The molecule has 0 bridgehead atoms. The van der Waals surface area contributed by atoms with Crippen LogP contribution in [0.15, 0.2) is 0 Å². The third-order valence-corrected chi connectivity index (χ3v) is 3.97. The van der Waals surface area contributed by atoms with Crippen molar-refractivity contribution in [1.29, 1.82) is 0 Å². The molecule has 0 aromatic heterocycles. The van der Waals surface area contributed by atoms with Gasteiger partial charge in [0.25, 0.3) is 0 Å². The van der Waals surface area contributed by atoms with E-state index in [1.807, 2.05) is 6.92 Å². The maximum atomic E-state index is 11.8. The van der Waals surface area contributed by atoms with Crippen molar-refractivity contribution in [3.05, 3.63) is 0 Å². The van der Waals surface area contributed by atoms with E-state index in [0.29, 0.717) is 6.61 Å². The van der Waals surface area contributed by atoms with Crippen molar-refractivity contribution in [2.24, 2.45) is 11.3 Å². The van der Waals surface area contributed by atoms with Crippen LogP contribution in [-0.4, -0.2) is 12.6 Å². The molecule has 15 heavy (non-hydrogen) atoms. The first-order valence-corrected chi connectivity index (χ1v) is 6.44. The first-order chi connectivity index (χ1) is 7.27. The minimum Gasteiger partial charge on any atom is -0.466 e. The fourth-order valence-corrected chi connectivity index (χ4v) is 2.87. The van der Waals surface area contributed by atoms with Gasteiger partial charge in [-0.1, -0.05) is 32.1 Å². The van der Waals surface area contributed by atoms with Crippen molar-refractivity contribution < 1.29 is 9.53 Å². The lowest BCUT2D eigenvalue weighted by molar-refractivity contribution is -0.150. The Labute approximate surface area is 92.4 Å². The first-order valence-electron chi connectivity index (χ1n) is 6.44. The number of ether oxygens (including phenoxy) is 1. The molecule has 0 spiro atoms. The number of carbonyl (C=O) groups is 1. The summed E-state index contributed by atoms with van der Waals surface area (Å²) in [4.78, 5) is 11.8. The Kier molecular flexibility index (Phi) is 3.32. The molecule has 0 saturated heterocycles. The smallest absolute Gasteiger partial charge is 0.312 e. The van der Waals surface area contributed by atoms with Gasteiger partial charge in [-0.05, 0) is 32.1 Å². The third-order valence-electron chi connectivity index (χ3n) is 3.97. The molecule has 2 saturated carbocycles. The summed E-state index contributed by atoms with van der Waals surface area (Å²) in [6.45, 7) is 2.43. The molecule has 0 aliphatic heterocycles. The summed E-state index contributed by atoms with van der Waals surface area (Å²) < 4.78 is 5.17. The number of rotatable bonds is 4. The summed E-state index contributed by atoms with van der Waals surface area (Å²) in [5, 5.41) is 0. The van der Waals surface area contributed by atoms with Crippen molar-refractivity contribution in [2.45, 2.75) is 58.3 Å². The molecule has 0 heterocycles. The van der Waals surface area contributed by atoms with E-state index in [1.165, 1.54) is 32.1 Å². The van der Waals surface area contributed by atoms with Gasteiger partial charge in [0.1, 0.15) is 0 Å². The number of carbonyl (C=O) groups excluding carboxylic acids is 1. The predicted molar refractivity (Wildman–Crippen MR) is 59.5 cm³/mol. The minimum absolute atomic E-state index is 0.0436. The van der Waals surface area contributed by atoms with Gasteiger partial charge in [-0.3, -0.25) is 4.79 Å². The normalized spacial score (nSPS) is 24.9. The van der Waals surface area contributed by atoms with Crippen LogP contribution in [0, 0.1) is 11.3 Å². The molecule has 2 rings (SSSR count). The molecular weight excluding hydrogens is 188 g/mol. The van der Waals surface area contributed by atoms with Gasteiger partial charge < -0.3 is 4.74 Å². The Morgan fingerprint density at radius 1 is 1.27 bits per heavy atom. The molecule has 2 aliphatic carbocycles. The van der Waals surface area contributed by atoms with Crippen LogP contribution < -0.4 is 0 Å².